The summed E-state index contributed by atoms with van der Waals surface area (Å²) in [5, 5.41) is 20.4. The predicted molar refractivity (Wildman–Crippen MR) is 259 cm³/mol. The van der Waals surface area contributed by atoms with Crippen LogP contribution in [0.1, 0.15) is 90.3 Å². The summed E-state index contributed by atoms with van der Waals surface area (Å²) in [6.07, 6.45) is 2.49. The molecule has 12 heteroatoms. The Labute approximate surface area is 397 Å². The molecule has 2 unspecified atom stereocenters. The van der Waals surface area contributed by atoms with Crippen molar-refractivity contribution in [2.24, 2.45) is 4.99 Å². The SMILES string of the molecule is N#Cc1ccc(COc2ccc3c(c2)OC(c2ccnc(N)c2)CC3=O)cc1-c1cc(COc2ccc3c(c2)OC(c2ccnc(N=C(c4ccccc4)c4ccccc4)c2)CC3=O)ccc1C#N. The molecule has 6 aromatic carbocycles. The Morgan fingerprint density at radius 1 is 0.580 bits per heavy atom. The fraction of sp³-hybridized carbons (Fsp3) is 0.105. The van der Waals surface area contributed by atoms with Gasteiger partial charge in [0.1, 0.15) is 54.2 Å². The third-order valence-corrected chi connectivity index (χ3v) is 11.9. The number of ether oxygens (including phenoxy) is 4. The lowest BCUT2D eigenvalue weighted by Gasteiger charge is -2.26. The molecule has 2 N–H and O–H groups in total. The molecule has 0 saturated heterocycles. The van der Waals surface area contributed by atoms with Gasteiger partial charge in [-0.25, -0.2) is 15.0 Å². The number of nitrogen functional groups attached to an aromatic ring is 1. The zero-order valence-corrected chi connectivity index (χ0v) is 36.9. The van der Waals surface area contributed by atoms with Crippen LogP contribution in [0.15, 0.2) is 175 Å². The van der Waals surface area contributed by atoms with Crippen LogP contribution in [-0.2, 0) is 13.2 Å². The Kier molecular flexibility index (Phi) is 12.1. The van der Waals surface area contributed by atoms with Crippen LogP contribution in [0.3, 0.4) is 0 Å². The third kappa shape index (κ3) is 9.50. The summed E-state index contributed by atoms with van der Waals surface area (Å²) in [4.78, 5) is 40.1. The first kappa shape index (κ1) is 43.5. The summed E-state index contributed by atoms with van der Waals surface area (Å²) in [6.45, 7) is 0.249. The number of hydrogen-bond donors (Lipinski definition) is 1. The molecule has 0 spiro atoms. The van der Waals surface area contributed by atoms with E-state index in [4.69, 9.17) is 29.7 Å². The topological polar surface area (TPSA) is 183 Å². The van der Waals surface area contributed by atoms with Gasteiger partial charge in [0, 0.05) is 46.8 Å². The van der Waals surface area contributed by atoms with Crippen LogP contribution in [0.2, 0.25) is 0 Å². The van der Waals surface area contributed by atoms with Crippen molar-refractivity contribution in [3.63, 3.8) is 0 Å². The van der Waals surface area contributed by atoms with E-state index < -0.39 is 12.2 Å². The molecule has 2 aliphatic rings. The molecule has 0 radical (unpaired) electrons. The van der Waals surface area contributed by atoms with Gasteiger partial charge in [0.05, 0.1) is 52.9 Å². The lowest BCUT2D eigenvalue weighted by molar-refractivity contribution is 0.0839. The zero-order chi connectivity index (χ0) is 47.3. The number of nitriles is 2. The largest absolute Gasteiger partial charge is 0.489 e. The molecular weight excluding hydrogens is 865 g/mol. The van der Waals surface area contributed by atoms with Crippen molar-refractivity contribution in [1.82, 2.24) is 9.97 Å². The highest BCUT2D eigenvalue weighted by Crippen LogP contribution is 2.40. The molecule has 0 bridgehead atoms. The first-order valence-electron chi connectivity index (χ1n) is 22.2. The molecule has 8 aromatic rings. The van der Waals surface area contributed by atoms with E-state index in [1.165, 1.54) is 0 Å². The lowest BCUT2D eigenvalue weighted by atomic mass is 9.93. The number of pyridine rings is 2. The number of fused-ring (bicyclic) bond motifs is 2. The first-order valence-corrected chi connectivity index (χ1v) is 22.2. The van der Waals surface area contributed by atoms with Gasteiger partial charge in [0.2, 0.25) is 0 Å². The van der Waals surface area contributed by atoms with E-state index in [2.05, 4.69) is 22.1 Å². The minimum atomic E-state index is -0.574. The van der Waals surface area contributed by atoms with Crippen LogP contribution in [0.4, 0.5) is 11.6 Å². The van der Waals surface area contributed by atoms with Crippen LogP contribution in [-0.4, -0.2) is 27.2 Å². The van der Waals surface area contributed by atoms with E-state index in [9.17, 15) is 20.1 Å². The molecule has 0 fully saturated rings. The molecule has 12 nitrogen and oxygen atoms in total. The quantitative estimate of drug-likeness (QED) is 0.115. The van der Waals surface area contributed by atoms with Crippen LogP contribution >= 0.6 is 0 Å². The van der Waals surface area contributed by atoms with Crippen molar-refractivity contribution >= 4 is 28.9 Å². The summed E-state index contributed by atoms with van der Waals surface area (Å²) in [7, 11) is 0. The summed E-state index contributed by atoms with van der Waals surface area (Å²) in [6, 6.07) is 52.5. The van der Waals surface area contributed by atoms with Gasteiger partial charge in [-0.1, -0.05) is 72.8 Å². The van der Waals surface area contributed by atoms with Crippen molar-refractivity contribution in [3.05, 3.63) is 226 Å². The van der Waals surface area contributed by atoms with Gasteiger partial charge >= 0.3 is 0 Å². The number of anilines is 1. The van der Waals surface area contributed by atoms with Crippen LogP contribution in [0.25, 0.3) is 11.1 Å². The van der Waals surface area contributed by atoms with E-state index in [1.807, 2.05) is 84.9 Å². The highest BCUT2D eigenvalue weighted by atomic mass is 16.5. The van der Waals surface area contributed by atoms with Gasteiger partial charge < -0.3 is 24.7 Å². The minimum Gasteiger partial charge on any atom is -0.489 e. The van der Waals surface area contributed by atoms with Gasteiger partial charge in [-0.2, -0.15) is 10.5 Å². The van der Waals surface area contributed by atoms with E-state index in [0.29, 0.717) is 68.0 Å². The Balaban J connectivity index is 0.841. The molecule has 0 aliphatic carbocycles. The van der Waals surface area contributed by atoms with Crippen molar-refractivity contribution in [3.8, 4) is 46.3 Å². The van der Waals surface area contributed by atoms with Crippen LogP contribution in [0, 0.1) is 22.7 Å². The molecule has 0 amide bonds. The summed E-state index contributed by atoms with van der Waals surface area (Å²) >= 11 is 0. The monoisotopic (exact) mass is 904 g/mol. The maximum Gasteiger partial charge on any atom is 0.170 e. The first-order chi connectivity index (χ1) is 33.8. The summed E-state index contributed by atoms with van der Waals surface area (Å²) < 4.78 is 25.2. The molecule has 0 saturated carbocycles. The Morgan fingerprint density at radius 2 is 1.07 bits per heavy atom. The van der Waals surface area contributed by atoms with Crippen LogP contribution < -0.4 is 24.7 Å². The number of nitrogens with two attached hydrogens (primary N) is 1. The van der Waals surface area contributed by atoms with Crippen molar-refractivity contribution in [2.75, 3.05) is 5.73 Å². The second-order valence-electron chi connectivity index (χ2n) is 16.5. The molecule has 2 aromatic heterocycles. The van der Waals surface area contributed by atoms with Gasteiger partial charge in [-0.05, 0) is 95.1 Å². The number of nitrogens with zero attached hydrogens (tertiary/aromatic N) is 5. The molecule has 4 heterocycles. The standard InChI is InChI=1S/C57H40N6O6/c58-31-41-13-11-35(33-66-43-15-17-45-49(64)29-51(68-53(45)27-43)39-19-21-61-55(60)25-39)23-47(41)48-24-36(12-14-42(48)32-59)34-67-44-16-18-46-50(65)30-52(69-54(46)28-44)40-20-22-62-56(26-40)63-57(37-7-3-1-4-8-37)38-9-5-2-6-10-38/h1-28,51-52H,29-30,33-34H2,(H2,60,61). The van der Waals surface area contributed by atoms with Gasteiger partial charge in [0.15, 0.2) is 17.4 Å². The van der Waals surface area contributed by atoms with Crippen molar-refractivity contribution in [2.45, 2.75) is 38.3 Å². The fourth-order valence-corrected chi connectivity index (χ4v) is 8.46. The van der Waals surface area contributed by atoms with E-state index in [-0.39, 0.29) is 37.6 Å². The molecule has 2 aliphatic heterocycles. The lowest BCUT2D eigenvalue weighted by Crippen LogP contribution is -2.20. The molecule has 10 rings (SSSR count). The van der Waals surface area contributed by atoms with E-state index in [0.717, 1.165) is 39.1 Å². The summed E-state index contributed by atoms with van der Waals surface area (Å²) in [5.74, 6) is 2.49. The van der Waals surface area contributed by atoms with Gasteiger partial charge in [-0.3, -0.25) is 9.59 Å². The van der Waals surface area contributed by atoms with E-state index >= 15 is 0 Å². The van der Waals surface area contributed by atoms with Gasteiger partial charge in [-0.15, -0.1) is 0 Å². The highest BCUT2D eigenvalue weighted by molar-refractivity contribution is 6.13. The predicted octanol–water partition coefficient (Wildman–Crippen LogP) is 11.2. The fourth-order valence-electron chi connectivity index (χ4n) is 8.46. The van der Waals surface area contributed by atoms with E-state index in [1.54, 1.807) is 85.2 Å². The molecular formula is C57H40N6O6. The number of rotatable bonds is 12. The average Bonchev–Trinajstić information content (AvgIpc) is 3.39. The Hall–Kier alpha value is -9.39. The highest BCUT2D eigenvalue weighted by Gasteiger charge is 2.30. The average molecular weight is 905 g/mol. The molecule has 334 valence electrons. The zero-order valence-electron chi connectivity index (χ0n) is 36.9. The van der Waals surface area contributed by atoms with Crippen molar-refractivity contribution in [1.29, 1.82) is 10.5 Å². The van der Waals surface area contributed by atoms with Crippen molar-refractivity contribution < 1.29 is 28.5 Å². The van der Waals surface area contributed by atoms with Crippen LogP contribution in [0.5, 0.6) is 23.0 Å². The number of Topliss-reactive ketones (excluding diaryl/α,β-unsaturated/α-hetero) is 2. The maximum atomic E-state index is 13.5. The number of benzene rings is 6. The van der Waals surface area contributed by atoms with Gasteiger partial charge in [0.25, 0.3) is 0 Å². The number of carbonyl (C=O) groups excluding carboxylic acids is 2. The normalized spacial score (nSPS) is 14.7. The smallest absolute Gasteiger partial charge is 0.170 e. The Bertz CT molecular complexity index is 3360. The minimum absolute atomic E-state index is 0.0531. The second-order valence-corrected chi connectivity index (χ2v) is 16.5. The summed E-state index contributed by atoms with van der Waals surface area (Å²) in [5.41, 5.74) is 14.4. The second kappa shape index (κ2) is 19.2. The number of ketones is 2. The number of aliphatic imine (C=N–C) groups is 1. The molecule has 2 atom stereocenters. The number of hydrogen-bond acceptors (Lipinski definition) is 12. The third-order valence-electron chi connectivity index (χ3n) is 11.9. The Morgan fingerprint density at radius 3 is 1.57 bits per heavy atom. The number of carbonyl (C=O) groups is 2. The molecule has 69 heavy (non-hydrogen) atoms. The number of aromatic nitrogens is 2. The maximum absolute atomic E-state index is 13.5.